The van der Waals surface area contributed by atoms with Crippen LogP contribution in [0.5, 0.6) is 5.75 Å². The zero-order valence-electron chi connectivity index (χ0n) is 8.80. The second kappa shape index (κ2) is 6.38. The molecule has 0 fully saturated rings. The minimum Gasteiger partial charge on any atom is -0.505 e. The highest BCUT2D eigenvalue weighted by atomic mass is 35.5. The van der Waals surface area contributed by atoms with Gasteiger partial charge in [-0.25, -0.2) is 0 Å². The van der Waals surface area contributed by atoms with E-state index in [-0.39, 0.29) is 21.6 Å². The third-order valence-electron chi connectivity index (χ3n) is 2.03. The number of carbonyl (C=O) groups excluding carboxylic acids is 1. The van der Waals surface area contributed by atoms with E-state index in [4.69, 9.17) is 23.2 Å². The van der Waals surface area contributed by atoms with Crippen molar-refractivity contribution in [2.75, 3.05) is 5.75 Å². The largest absolute Gasteiger partial charge is 0.505 e. The molecule has 0 aromatic heterocycles. The standard InChI is InChI=1S/C11H12Cl2O2S/c1-2-7(14)3-4-16-8-5-9(12)11(15)10(13)6-8/h5-6,15H,2-4H2,1H3. The number of hydrogen-bond donors (Lipinski definition) is 1. The van der Waals surface area contributed by atoms with Gasteiger partial charge in [-0.2, -0.15) is 0 Å². The summed E-state index contributed by atoms with van der Waals surface area (Å²) in [6, 6.07) is 3.29. The van der Waals surface area contributed by atoms with Crippen LogP contribution >= 0.6 is 35.0 Å². The summed E-state index contributed by atoms with van der Waals surface area (Å²) in [5.74, 6) is 0.838. The zero-order valence-corrected chi connectivity index (χ0v) is 11.1. The van der Waals surface area contributed by atoms with Crippen LogP contribution in [-0.2, 0) is 4.79 Å². The van der Waals surface area contributed by atoms with Gasteiger partial charge in [-0.3, -0.25) is 4.79 Å². The van der Waals surface area contributed by atoms with Crippen LogP contribution < -0.4 is 0 Å². The first kappa shape index (κ1) is 13.7. The summed E-state index contributed by atoms with van der Waals surface area (Å²) < 4.78 is 0. The monoisotopic (exact) mass is 278 g/mol. The van der Waals surface area contributed by atoms with Crippen molar-refractivity contribution in [2.24, 2.45) is 0 Å². The number of Topliss-reactive ketones (excluding diaryl/α,β-unsaturated/α-hetero) is 1. The average Bonchev–Trinajstić information content (AvgIpc) is 2.25. The molecule has 0 radical (unpaired) electrons. The van der Waals surface area contributed by atoms with Crippen LogP contribution in [0.25, 0.3) is 0 Å². The third-order valence-corrected chi connectivity index (χ3v) is 3.59. The fourth-order valence-corrected chi connectivity index (χ4v) is 2.67. The van der Waals surface area contributed by atoms with Gasteiger partial charge in [0.1, 0.15) is 5.78 Å². The molecular formula is C11H12Cl2O2S. The van der Waals surface area contributed by atoms with Crippen LogP contribution in [0.4, 0.5) is 0 Å². The Morgan fingerprint density at radius 2 is 1.94 bits per heavy atom. The summed E-state index contributed by atoms with van der Waals surface area (Å²) in [6.45, 7) is 1.85. The number of benzene rings is 1. The molecule has 0 amide bonds. The van der Waals surface area contributed by atoms with Gasteiger partial charge in [0.05, 0.1) is 10.0 Å². The van der Waals surface area contributed by atoms with Crippen molar-refractivity contribution in [3.05, 3.63) is 22.2 Å². The maximum Gasteiger partial charge on any atom is 0.152 e. The number of ketones is 1. The predicted octanol–water partition coefficient (Wildman–Crippen LogP) is 4.16. The van der Waals surface area contributed by atoms with Crippen LogP contribution in [0.1, 0.15) is 19.8 Å². The van der Waals surface area contributed by atoms with Crippen molar-refractivity contribution in [3.8, 4) is 5.75 Å². The third kappa shape index (κ3) is 3.89. The maximum absolute atomic E-state index is 11.1. The summed E-state index contributed by atoms with van der Waals surface area (Å²) in [6.07, 6.45) is 1.11. The molecule has 2 nitrogen and oxygen atoms in total. The first-order valence-corrected chi connectivity index (χ1v) is 6.61. The summed E-state index contributed by atoms with van der Waals surface area (Å²) in [4.78, 5) is 11.9. The van der Waals surface area contributed by atoms with Gasteiger partial charge in [0.15, 0.2) is 5.75 Å². The van der Waals surface area contributed by atoms with Crippen LogP contribution in [0.3, 0.4) is 0 Å². The zero-order chi connectivity index (χ0) is 12.1. The molecule has 0 aliphatic carbocycles. The molecule has 0 bridgehead atoms. The lowest BCUT2D eigenvalue weighted by molar-refractivity contribution is -0.118. The van der Waals surface area contributed by atoms with Crippen molar-refractivity contribution in [3.63, 3.8) is 0 Å². The SMILES string of the molecule is CCC(=O)CCSc1cc(Cl)c(O)c(Cl)c1. The molecule has 0 atom stereocenters. The Kier molecular flexibility index (Phi) is 5.46. The topological polar surface area (TPSA) is 37.3 Å². The lowest BCUT2D eigenvalue weighted by Crippen LogP contribution is -1.96. The highest BCUT2D eigenvalue weighted by Crippen LogP contribution is 2.36. The Bertz CT molecular complexity index is 371. The number of phenols is 1. The Hall–Kier alpha value is -0.380. The van der Waals surface area contributed by atoms with Crippen LogP contribution in [0, 0.1) is 0 Å². The second-order valence-electron chi connectivity index (χ2n) is 3.23. The molecule has 16 heavy (non-hydrogen) atoms. The Balaban J connectivity index is 2.58. The number of phenolic OH excluding ortho intramolecular Hbond substituents is 1. The van der Waals surface area contributed by atoms with Gasteiger partial charge >= 0.3 is 0 Å². The van der Waals surface area contributed by atoms with E-state index in [2.05, 4.69) is 0 Å². The molecule has 0 saturated carbocycles. The van der Waals surface area contributed by atoms with Gasteiger partial charge in [0.25, 0.3) is 0 Å². The highest BCUT2D eigenvalue weighted by Gasteiger charge is 2.07. The molecule has 1 aromatic carbocycles. The normalized spacial score (nSPS) is 10.4. The molecule has 0 unspecified atom stereocenters. The molecular weight excluding hydrogens is 267 g/mol. The summed E-state index contributed by atoms with van der Waals surface area (Å²) in [5.41, 5.74) is 0. The summed E-state index contributed by atoms with van der Waals surface area (Å²) in [7, 11) is 0. The van der Waals surface area contributed by atoms with Gasteiger partial charge in [-0.1, -0.05) is 30.1 Å². The number of thioether (sulfide) groups is 1. The minimum absolute atomic E-state index is 0.0997. The number of rotatable bonds is 5. The maximum atomic E-state index is 11.1. The van der Waals surface area contributed by atoms with Crippen molar-refractivity contribution < 1.29 is 9.90 Å². The van der Waals surface area contributed by atoms with E-state index in [0.717, 1.165) is 4.90 Å². The van der Waals surface area contributed by atoms with Gasteiger partial charge in [0, 0.05) is 23.5 Å². The lowest BCUT2D eigenvalue weighted by Gasteiger charge is -2.04. The molecule has 0 saturated heterocycles. The van der Waals surface area contributed by atoms with Gasteiger partial charge in [-0.15, -0.1) is 11.8 Å². The van der Waals surface area contributed by atoms with Crippen LogP contribution in [0.2, 0.25) is 10.0 Å². The number of halogens is 2. The van der Waals surface area contributed by atoms with Crippen LogP contribution in [-0.4, -0.2) is 16.6 Å². The summed E-state index contributed by atoms with van der Waals surface area (Å²) >= 11 is 13.0. The molecule has 1 N–H and O–H groups in total. The first-order valence-electron chi connectivity index (χ1n) is 4.87. The fraction of sp³-hybridized carbons (Fsp3) is 0.364. The molecule has 1 aromatic rings. The number of aromatic hydroxyl groups is 1. The van der Waals surface area contributed by atoms with Crippen molar-refractivity contribution in [1.82, 2.24) is 0 Å². The lowest BCUT2D eigenvalue weighted by atomic mass is 10.2. The van der Waals surface area contributed by atoms with E-state index < -0.39 is 0 Å². The quantitative estimate of drug-likeness (QED) is 0.822. The number of hydrogen-bond acceptors (Lipinski definition) is 3. The van der Waals surface area contributed by atoms with Crippen LogP contribution in [0.15, 0.2) is 17.0 Å². The Labute approximate surface area is 109 Å². The molecule has 0 aliphatic heterocycles. The molecule has 0 aliphatic rings. The Morgan fingerprint density at radius 3 is 2.44 bits per heavy atom. The minimum atomic E-state index is -0.0997. The van der Waals surface area contributed by atoms with E-state index in [0.29, 0.717) is 18.6 Å². The van der Waals surface area contributed by atoms with Gasteiger partial charge in [-0.05, 0) is 12.1 Å². The smallest absolute Gasteiger partial charge is 0.152 e. The van der Waals surface area contributed by atoms with E-state index in [9.17, 15) is 9.90 Å². The molecule has 0 heterocycles. The van der Waals surface area contributed by atoms with Crippen molar-refractivity contribution in [2.45, 2.75) is 24.7 Å². The van der Waals surface area contributed by atoms with E-state index in [1.165, 1.54) is 11.8 Å². The molecule has 88 valence electrons. The number of carbonyl (C=O) groups is 1. The molecule has 5 heteroatoms. The van der Waals surface area contributed by atoms with Crippen molar-refractivity contribution >= 4 is 40.7 Å². The average molecular weight is 279 g/mol. The molecule has 1 rings (SSSR count). The first-order chi connectivity index (χ1) is 7.54. The Morgan fingerprint density at radius 1 is 1.38 bits per heavy atom. The van der Waals surface area contributed by atoms with Crippen molar-refractivity contribution in [1.29, 1.82) is 0 Å². The van der Waals surface area contributed by atoms with Gasteiger partial charge < -0.3 is 5.11 Å². The highest BCUT2D eigenvalue weighted by molar-refractivity contribution is 7.99. The fourth-order valence-electron chi connectivity index (χ4n) is 1.09. The van der Waals surface area contributed by atoms with Gasteiger partial charge in [0.2, 0.25) is 0 Å². The summed E-state index contributed by atoms with van der Waals surface area (Å²) in [5, 5.41) is 9.82. The van der Waals surface area contributed by atoms with E-state index in [1.54, 1.807) is 12.1 Å². The predicted molar refractivity (Wildman–Crippen MR) is 68.8 cm³/mol. The second-order valence-corrected chi connectivity index (χ2v) is 5.21. The van der Waals surface area contributed by atoms with E-state index in [1.807, 2.05) is 6.92 Å². The molecule has 0 spiro atoms. The van der Waals surface area contributed by atoms with E-state index >= 15 is 0 Å².